The van der Waals surface area contributed by atoms with Gasteiger partial charge in [0.05, 0.1) is 6.04 Å². The fourth-order valence-electron chi connectivity index (χ4n) is 2.46. The Morgan fingerprint density at radius 1 is 1.45 bits per heavy atom. The molecule has 0 radical (unpaired) electrons. The van der Waals surface area contributed by atoms with Crippen LogP contribution in [0.4, 0.5) is 0 Å². The van der Waals surface area contributed by atoms with Crippen molar-refractivity contribution >= 4 is 29.3 Å². The van der Waals surface area contributed by atoms with Crippen molar-refractivity contribution in [2.75, 3.05) is 18.8 Å². The van der Waals surface area contributed by atoms with E-state index in [4.69, 9.17) is 11.6 Å². The monoisotopic (exact) mass is 308 g/mol. The van der Waals surface area contributed by atoms with Gasteiger partial charge >= 0.3 is 0 Å². The molecule has 1 aromatic rings. The number of hydrogen-bond acceptors (Lipinski definition) is 3. The Labute approximate surface area is 128 Å². The first-order valence-electron chi connectivity index (χ1n) is 6.77. The Kier molecular flexibility index (Phi) is 4.06. The molecule has 1 amide bonds. The van der Waals surface area contributed by atoms with Crippen LogP contribution in [0.5, 0.6) is 0 Å². The molecule has 2 heterocycles. The molecule has 5 heteroatoms. The van der Waals surface area contributed by atoms with E-state index < -0.39 is 0 Å². The van der Waals surface area contributed by atoms with Gasteiger partial charge in [-0.05, 0) is 42.7 Å². The molecule has 0 saturated carbocycles. The molecule has 20 heavy (non-hydrogen) atoms. The van der Waals surface area contributed by atoms with Crippen molar-refractivity contribution in [2.24, 2.45) is 0 Å². The predicted molar refractivity (Wildman–Crippen MR) is 83.2 cm³/mol. The summed E-state index contributed by atoms with van der Waals surface area (Å²) in [6.45, 7) is 3.58. The molecule has 0 aliphatic carbocycles. The van der Waals surface area contributed by atoms with Crippen LogP contribution in [0.15, 0.2) is 34.2 Å². The molecule has 1 atom stereocenters. The fraction of sp³-hybridized carbons (Fsp3) is 0.400. The Hall–Kier alpha value is -0.970. The second kappa shape index (κ2) is 5.80. The third kappa shape index (κ3) is 2.73. The van der Waals surface area contributed by atoms with Gasteiger partial charge < -0.3 is 10.6 Å². The van der Waals surface area contributed by atoms with E-state index in [0.717, 1.165) is 41.4 Å². The van der Waals surface area contributed by atoms with E-state index in [1.165, 1.54) is 10.5 Å². The molecule has 0 bridgehead atoms. The van der Waals surface area contributed by atoms with E-state index in [1.807, 2.05) is 36.9 Å². The van der Waals surface area contributed by atoms with Crippen molar-refractivity contribution in [3.05, 3.63) is 39.9 Å². The minimum atomic E-state index is 0.0457. The summed E-state index contributed by atoms with van der Waals surface area (Å²) in [5.41, 5.74) is 3.20. The summed E-state index contributed by atoms with van der Waals surface area (Å²) in [5, 5.41) is 7.05. The van der Waals surface area contributed by atoms with Crippen LogP contribution < -0.4 is 10.6 Å². The minimum Gasteiger partial charge on any atom is -0.345 e. The molecule has 106 valence electrons. The van der Waals surface area contributed by atoms with E-state index in [9.17, 15) is 4.79 Å². The second-order valence-electron chi connectivity index (χ2n) is 5.18. The zero-order valence-electron chi connectivity index (χ0n) is 11.3. The lowest BCUT2D eigenvalue weighted by Crippen LogP contribution is -2.38. The highest BCUT2D eigenvalue weighted by Crippen LogP contribution is 2.37. The first kappa shape index (κ1) is 14.0. The lowest BCUT2D eigenvalue weighted by molar-refractivity contribution is -0.118. The maximum atomic E-state index is 12.3. The van der Waals surface area contributed by atoms with Crippen LogP contribution in [0.25, 0.3) is 0 Å². The number of amides is 1. The third-order valence-electron chi connectivity index (χ3n) is 3.86. The molecule has 0 aromatic heterocycles. The van der Waals surface area contributed by atoms with Crippen LogP contribution in [-0.4, -0.2) is 24.7 Å². The molecule has 1 saturated heterocycles. The van der Waals surface area contributed by atoms with Gasteiger partial charge in [-0.1, -0.05) is 11.6 Å². The number of rotatable bonds is 2. The average molecular weight is 309 g/mol. The molecule has 2 aliphatic rings. The summed E-state index contributed by atoms with van der Waals surface area (Å²) in [6.07, 6.45) is 0.949. The number of hydrogen-bond donors (Lipinski definition) is 2. The number of thioether (sulfide) groups is 1. The lowest BCUT2D eigenvalue weighted by Gasteiger charge is -2.27. The fourth-order valence-corrected chi connectivity index (χ4v) is 3.74. The summed E-state index contributed by atoms with van der Waals surface area (Å²) < 4.78 is 0. The molecule has 1 fully saturated rings. The molecule has 1 unspecified atom stereocenters. The molecule has 2 aliphatic heterocycles. The summed E-state index contributed by atoms with van der Waals surface area (Å²) in [4.78, 5) is 13.5. The highest BCUT2D eigenvalue weighted by atomic mass is 35.5. The molecule has 3 rings (SSSR count). The van der Waals surface area contributed by atoms with E-state index >= 15 is 0 Å². The Balaban J connectivity index is 1.79. The highest BCUT2D eigenvalue weighted by Gasteiger charge is 2.24. The lowest BCUT2D eigenvalue weighted by atomic mass is 10.0. The van der Waals surface area contributed by atoms with Gasteiger partial charge in [-0.2, -0.15) is 0 Å². The Morgan fingerprint density at radius 2 is 2.25 bits per heavy atom. The standard InChI is InChI=1S/C15H17ClN2OS/c1-9(10-7-17-8-10)15(19)18-13-4-5-20-14-3-2-11(16)6-12(13)14/h2-3,6,13,17H,4-5,7-8H2,1H3,(H,18,19). The average Bonchev–Trinajstić information content (AvgIpc) is 2.37. The minimum absolute atomic E-state index is 0.0457. The van der Waals surface area contributed by atoms with Gasteiger partial charge in [-0.15, -0.1) is 11.8 Å². The molecular formula is C15H17ClN2OS. The number of benzene rings is 1. The van der Waals surface area contributed by atoms with Crippen molar-refractivity contribution in [1.82, 2.24) is 10.6 Å². The summed E-state index contributed by atoms with van der Waals surface area (Å²) in [6, 6.07) is 6.00. The number of halogens is 1. The first-order chi connectivity index (χ1) is 9.65. The van der Waals surface area contributed by atoms with Gasteiger partial charge in [-0.3, -0.25) is 4.79 Å². The van der Waals surface area contributed by atoms with Crippen LogP contribution in [0.2, 0.25) is 5.02 Å². The smallest absolute Gasteiger partial charge is 0.247 e. The van der Waals surface area contributed by atoms with Gasteiger partial charge in [0.15, 0.2) is 0 Å². The van der Waals surface area contributed by atoms with Gasteiger partial charge in [0, 0.05) is 34.3 Å². The van der Waals surface area contributed by atoms with Crippen LogP contribution in [0.3, 0.4) is 0 Å². The van der Waals surface area contributed by atoms with Crippen LogP contribution in [-0.2, 0) is 4.79 Å². The van der Waals surface area contributed by atoms with Crippen molar-refractivity contribution in [3.8, 4) is 0 Å². The van der Waals surface area contributed by atoms with Crippen molar-refractivity contribution in [3.63, 3.8) is 0 Å². The predicted octanol–water partition coefficient (Wildman–Crippen LogP) is 2.91. The van der Waals surface area contributed by atoms with E-state index in [1.54, 1.807) is 0 Å². The Morgan fingerprint density at radius 3 is 2.95 bits per heavy atom. The number of fused-ring (bicyclic) bond motifs is 1. The van der Waals surface area contributed by atoms with Gasteiger partial charge in [0.25, 0.3) is 0 Å². The SMILES string of the molecule is CC(C(=O)NC1CCSc2ccc(Cl)cc21)=C1CNC1. The number of carbonyl (C=O) groups excluding carboxylic acids is 1. The highest BCUT2D eigenvalue weighted by molar-refractivity contribution is 7.99. The Bertz CT molecular complexity index is 579. The van der Waals surface area contributed by atoms with Gasteiger partial charge in [0.2, 0.25) is 5.91 Å². The molecule has 0 spiro atoms. The third-order valence-corrected chi connectivity index (χ3v) is 5.22. The quantitative estimate of drug-likeness (QED) is 0.825. The maximum Gasteiger partial charge on any atom is 0.247 e. The van der Waals surface area contributed by atoms with Crippen molar-refractivity contribution in [1.29, 1.82) is 0 Å². The summed E-state index contributed by atoms with van der Waals surface area (Å²) in [5.74, 6) is 1.07. The van der Waals surface area contributed by atoms with Crippen LogP contribution in [0, 0.1) is 0 Å². The topological polar surface area (TPSA) is 41.1 Å². The van der Waals surface area contributed by atoms with Gasteiger partial charge in [-0.25, -0.2) is 0 Å². The van der Waals surface area contributed by atoms with Crippen LogP contribution >= 0.6 is 23.4 Å². The van der Waals surface area contributed by atoms with E-state index in [2.05, 4.69) is 10.6 Å². The molecule has 2 N–H and O–H groups in total. The largest absolute Gasteiger partial charge is 0.345 e. The first-order valence-corrected chi connectivity index (χ1v) is 8.14. The van der Waals surface area contributed by atoms with Crippen molar-refractivity contribution in [2.45, 2.75) is 24.3 Å². The summed E-state index contributed by atoms with van der Waals surface area (Å²) >= 11 is 7.91. The maximum absolute atomic E-state index is 12.3. The van der Waals surface area contributed by atoms with Gasteiger partial charge in [0.1, 0.15) is 0 Å². The van der Waals surface area contributed by atoms with Crippen molar-refractivity contribution < 1.29 is 4.79 Å². The summed E-state index contributed by atoms with van der Waals surface area (Å²) in [7, 11) is 0. The second-order valence-corrected chi connectivity index (χ2v) is 6.75. The van der Waals surface area contributed by atoms with Crippen LogP contribution in [0.1, 0.15) is 24.9 Å². The number of carbonyl (C=O) groups is 1. The normalized spacial score (nSPS) is 20.9. The number of nitrogens with one attached hydrogen (secondary N) is 2. The molecule has 1 aromatic carbocycles. The van der Waals surface area contributed by atoms with E-state index in [0.29, 0.717) is 0 Å². The molecular weight excluding hydrogens is 292 g/mol. The van der Waals surface area contributed by atoms with E-state index in [-0.39, 0.29) is 11.9 Å². The zero-order valence-corrected chi connectivity index (χ0v) is 12.9. The molecule has 3 nitrogen and oxygen atoms in total. The zero-order chi connectivity index (χ0) is 14.1.